The third-order valence-corrected chi connectivity index (χ3v) is 4.76. The van der Waals surface area contributed by atoms with Crippen molar-refractivity contribution in [2.75, 3.05) is 0 Å². The van der Waals surface area contributed by atoms with E-state index >= 15 is 0 Å². The highest BCUT2D eigenvalue weighted by molar-refractivity contribution is 6.48. The summed E-state index contributed by atoms with van der Waals surface area (Å²) in [5.74, 6) is 0.446. The van der Waals surface area contributed by atoms with Crippen LogP contribution in [0.3, 0.4) is 0 Å². The molecule has 20 heavy (non-hydrogen) atoms. The van der Waals surface area contributed by atoms with Crippen LogP contribution in [-0.4, -0.2) is 18.3 Å². The maximum atomic E-state index is 6.17. The smallest absolute Gasteiger partial charge is 0.403 e. The van der Waals surface area contributed by atoms with Gasteiger partial charge in [0, 0.05) is 5.82 Å². The molecule has 2 unspecified atom stereocenters. The standard InChI is InChI=1S/C17H25BO2/c1-7-15(13(2)14-11-9-8-10-12-14)18-19-16(3,4)17(5,6)20-18/h7-13,15H,1H2,2-6H3. The van der Waals surface area contributed by atoms with Crippen molar-refractivity contribution in [1.82, 2.24) is 0 Å². The summed E-state index contributed by atoms with van der Waals surface area (Å²) < 4.78 is 12.3. The lowest BCUT2D eigenvalue weighted by Gasteiger charge is -2.32. The van der Waals surface area contributed by atoms with Gasteiger partial charge in [-0.1, -0.05) is 43.3 Å². The van der Waals surface area contributed by atoms with E-state index in [1.54, 1.807) is 0 Å². The zero-order chi connectivity index (χ0) is 15.0. The van der Waals surface area contributed by atoms with Gasteiger partial charge in [0.05, 0.1) is 11.2 Å². The fraction of sp³-hybridized carbons (Fsp3) is 0.529. The molecule has 2 atom stereocenters. The van der Waals surface area contributed by atoms with Gasteiger partial charge in [-0.25, -0.2) is 0 Å². The highest BCUT2D eigenvalue weighted by Gasteiger charge is 2.54. The second kappa shape index (κ2) is 5.38. The quantitative estimate of drug-likeness (QED) is 0.596. The van der Waals surface area contributed by atoms with Crippen molar-refractivity contribution in [2.24, 2.45) is 0 Å². The van der Waals surface area contributed by atoms with Crippen LogP contribution in [0.25, 0.3) is 0 Å². The predicted molar refractivity (Wildman–Crippen MR) is 84.9 cm³/mol. The van der Waals surface area contributed by atoms with Gasteiger partial charge in [-0.15, -0.1) is 6.58 Å². The highest BCUT2D eigenvalue weighted by Crippen LogP contribution is 2.44. The zero-order valence-corrected chi connectivity index (χ0v) is 13.2. The molecule has 1 fully saturated rings. The van der Waals surface area contributed by atoms with Gasteiger partial charge in [0.1, 0.15) is 0 Å². The van der Waals surface area contributed by atoms with Crippen molar-refractivity contribution in [3.05, 3.63) is 48.6 Å². The Labute approximate surface area is 123 Å². The molecule has 108 valence electrons. The van der Waals surface area contributed by atoms with Crippen LogP contribution < -0.4 is 0 Å². The number of benzene rings is 1. The average molecular weight is 272 g/mol. The van der Waals surface area contributed by atoms with Gasteiger partial charge in [0.25, 0.3) is 0 Å². The minimum atomic E-state index is -0.296. The number of hydrogen-bond acceptors (Lipinski definition) is 2. The first kappa shape index (κ1) is 15.3. The molecule has 0 bridgehead atoms. The fourth-order valence-corrected chi connectivity index (χ4v) is 2.58. The predicted octanol–water partition coefficient (Wildman–Crippen LogP) is 4.44. The van der Waals surface area contributed by atoms with Gasteiger partial charge < -0.3 is 9.31 Å². The van der Waals surface area contributed by atoms with Crippen molar-refractivity contribution in [3.8, 4) is 0 Å². The van der Waals surface area contributed by atoms with Gasteiger partial charge >= 0.3 is 7.12 Å². The molecule has 1 aromatic carbocycles. The molecule has 1 aromatic rings. The maximum absolute atomic E-state index is 6.17. The van der Waals surface area contributed by atoms with E-state index < -0.39 is 0 Å². The van der Waals surface area contributed by atoms with Crippen LogP contribution in [0.4, 0.5) is 0 Å². The summed E-state index contributed by atoms with van der Waals surface area (Å²) in [6, 6.07) is 10.5. The van der Waals surface area contributed by atoms with E-state index in [0.717, 1.165) is 0 Å². The van der Waals surface area contributed by atoms with Crippen molar-refractivity contribution >= 4 is 7.12 Å². The molecule has 2 rings (SSSR count). The van der Waals surface area contributed by atoms with Gasteiger partial charge in [-0.3, -0.25) is 0 Å². The van der Waals surface area contributed by atoms with Crippen molar-refractivity contribution < 1.29 is 9.31 Å². The number of rotatable bonds is 4. The van der Waals surface area contributed by atoms with Crippen LogP contribution in [0, 0.1) is 0 Å². The Hall–Kier alpha value is -1.06. The molecular weight excluding hydrogens is 247 g/mol. The lowest BCUT2D eigenvalue weighted by Crippen LogP contribution is -2.41. The van der Waals surface area contributed by atoms with Gasteiger partial charge in [0.2, 0.25) is 0 Å². The molecule has 0 N–H and O–H groups in total. The van der Waals surface area contributed by atoms with Crippen molar-refractivity contribution in [3.63, 3.8) is 0 Å². The van der Waals surface area contributed by atoms with Gasteiger partial charge in [0.15, 0.2) is 0 Å². The Kier molecular flexibility index (Phi) is 4.13. The van der Waals surface area contributed by atoms with Crippen LogP contribution in [0.5, 0.6) is 0 Å². The Bertz CT molecular complexity index is 451. The first-order valence-corrected chi connectivity index (χ1v) is 7.31. The average Bonchev–Trinajstić information content (AvgIpc) is 2.60. The fourth-order valence-electron chi connectivity index (χ4n) is 2.58. The molecule has 1 saturated heterocycles. The maximum Gasteiger partial charge on any atom is 0.465 e. The van der Waals surface area contributed by atoms with Gasteiger partial charge in [-0.2, -0.15) is 0 Å². The van der Waals surface area contributed by atoms with Crippen LogP contribution in [-0.2, 0) is 9.31 Å². The van der Waals surface area contributed by atoms with E-state index in [4.69, 9.17) is 9.31 Å². The third kappa shape index (κ3) is 2.70. The molecule has 2 nitrogen and oxygen atoms in total. The van der Waals surface area contributed by atoms with Crippen molar-refractivity contribution in [1.29, 1.82) is 0 Å². The van der Waals surface area contributed by atoms with Crippen LogP contribution in [0.1, 0.15) is 46.1 Å². The summed E-state index contributed by atoms with van der Waals surface area (Å²) >= 11 is 0. The normalized spacial score (nSPS) is 23.4. The lowest BCUT2D eigenvalue weighted by molar-refractivity contribution is 0.00578. The first-order valence-electron chi connectivity index (χ1n) is 7.31. The minimum Gasteiger partial charge on any atom is -0.403 e. The van der Waals surface area contributed by atoms with Gasteiger partial charge in [-0.05, 0) is 39.2 Å². The van der Waals surface area contributed by atoms with E-state index in [1.165, 1.54) is 5.56 Å². The molecule has 0 amide bonds. The molecule has 1 aliphatic heterocycles. The summed E-state index contributed by atoms with van der Waals surface area (Å²) in [5, 5.41) is 0. The Balaban J connectivity index is 2.20. The van der Waals surface area contributed by atoms with E-state index in [1.807, 2.05) is 12.1 Å². The summed E-state index contributed by atoms with van der Waals surface area (Å²) in [5.41, 5.74) is 0.692. The molecule has 0 aliphatic carbocycles. The number of allylic oxidation sites excluding steroid dienone is 1. The Morgan fingerprint density at radius 3 is 2.00 bits per heavy atom. The summed E-state index contributed by atoms with van der Waals surface area (Å²) in [6.45, 7) is 14.5. The third-order valence-electron chi connectivity index (χ3n) is 4.76. The summed E-state index contributed by atoms with van der Waals surface area (Å²) in [6.07, 6.45) is 1.96. The Morgan fingerprint density at radius 1 is 1.05 bits per heavy atom. The minimum absolute atomic E-state index is 0.137. The molecule has 0 spiro atoms. The number of hydrogen-bond donors (Lipinski definition) is 0. The molecule has 3 heteroatoms. The molecule has 0 saturated carbocycles. The monoisotopic (exact) mass is 272 g/mol. The zero-order valence-electron chi connectivity index (χ0n) is 13.2. The van der Waals surface area contributed by atoms with E-state index in [-0.39, 0.29) is 24.1 Å². The molecule has 1 aliphatic rings. The van der Waals surface area contributed by atoms with E-state index in [2.05, 4.69) is 65.5 Å². The van der Waals surface area contributed by atoms with Crippen LogP contribution >= 0.6 is 0 Å². The molecule has 0 aromatic heterocycles. The molecule has 0 radical (unpaired) electrons. The Morgan fingerprint density at radius 2 is 1.55 bits per heavy atom. The second-order valence-electron chi connectivity index (χ2n) is 6.64. The largest absolute Gasteiger partial charge is 0.465 e. The summed E-state index contributed by atoms with van der Waals surface area (Å²) in [4.78, 5) is 0. The van der Waals surface area contributed by atoms with E-state index in [0.29, 0.717) is 5.92 Å². The SMILES string of the molecule is C=CC(B1OC(C)(C)C(C)(C)O1)C(C)c1ccccc1. The molecule has 1 heterocycles. The molecular formula is C17H25BO2. The van der Waals surface area contributed by atoms with Crippen LogP contribution in [0.15, 0.2) is 43.0 Å². The summed E-state index contributed by atoms with van der Waals surface area (Å²) in [7, 11) is -0.243. The topological polar surface area (TPSA) is 18.5 Å². The van der Waals surface area contributed by atoms with Crippen LogP contribution in [0.2, 0.25) is 5.82 Å². The lowest BCUT2D eigenvalue weighted by atomic mass is 9.64. The highest BCUT2D eigenvalue weighted by atomic mass is 16.7. The van der Waals surface area contributed by atoms with E-state index in [9.17, 15) is 0 Å². The first-order chi connectivity index (χ1) is 9.28. The van der Waals surface area contributed by atoms with Crippen molar-refractivity contribution in [2.45, 2.75) is 57.6 Å². The second-order valence-corrected chi connectivity index (χ2v) is 6.64.